The van der Waals surface area contributed by atoms with Crippen molar-refractivity contribution in [2.75, 3.05) is 26.8 Å². The molecule has 0 spiro atoms. The number of ether oxygens (including phenoxy) is 3. The van der Waals surface area contributed by atoms with Crippen molar-refractivity contribution in [3.63, 3.8) is 0 Å². The summed E-state index contributed by atoms with van der Waals surface area (Å²) in [7, 11) is 1.57. The molecule has 0 aliphatic carbocycles. The van der Waals surface area contributed by atoms with Gasteiger partial charge in [-0.1, -0.05) is 0 Å². The average molecular weight is 345 g/mol. The van der Waals surface area contributed by atoms with Gasteiger partial charge in [-0.15, -0.1) is 0 Å². The molecule has 8 nitrogen and oxygen atoms in total. The van der Waals surface area contributed by atoms with Gasteiger partial charge in [0.15, 0.2) is 0 Å². The summed E-state index contributed by atoms with van der Waals surface area (Å²) in [5.74, 6) is 0. The molecule has 0 aromatic heterocycles. The topological polar surface area (TPSA) is 89.1 Å². The molecule has 0 bridgehead atoms. The summed E-state index contributed by atoms with van der Waals surface area (Å²) in [6.07, 6.45) is -0.685. The molecule has 8 heteroatoms. The molecule has 1 aliphatic rings. The molecule has 1 rings (SSSR count). The summed E-state index contributed by atoms with van der Waals surface area (Å²) in [6, 6.07) is -0.629. The van der Waals surface area contributed by atoms with Crippen LogP contribution in [0.15, 0.2) is 0 Å². The number of methoxy groups -OCH3 is 1. The van der Waals surface area contributed by atoms with Crippen molar-refractivity contribution in [3.05, 3.63) is 0 Å². The Balaban J connectivity index is 2.71. The largest absolute Gasteiger partial charge is 0.444 e. The lowest BCUT2D eigenvalue weighted by Gasteiger charge is -2.35. The van der Waals surface area contributed by atoms with Crippen LogP contribution in [0.2, 0.25) is 0 Å². The molecular formula is C16H31N3O5. The van der Waals surface area contributed by atoms with Crippen molar-refractivity contribution >= 4 is 12.1 Å². The fraction of sp³-hybridized carbons (Fsp3) is 0.875. The predicted molar refractivity (Wildman–Crippen MR) is 89.8 cm³/mol. The minimum absolute atomic E-state index is 0.230. The highest BCUT2D eigenvalue weighted by molar-refractivity contribution is 5.74. The molecule has 0 aromatic carbocycles. The minimum atomic E-state index is -0.805. The molecular weight excluding hydrogens is 314 g/mol. The van der Waals surface area contributed by atoms with Gasteiger partial charge in [0, 0.05) is 20.2 Å². The van der Waals surface area contributed by atoms with E-state index in [-0.39, 0.29) is 24.7 Å². The van der Waals surface area contributed by atoms with Gasteiger partial charge in [0.25, 0.3) is 0 Å². The number of nitrogens with zero attached hydrogens (tertiary/aromatic N) is 1. The number of amides is 3. The number of carbonyl (C=O) groups is 2. The van der Waals surface area contributed by atoms with Crippen molar-refractivity contribution in [1.29, 1.82) is 0 Å². The quantitative estimate of drug-likeness (QED) is 0.740. The molecule has 0 saturated carbocycles. The van der Waals surface area contributed by atoms with E-state index < -0.39 is 17.4 Å². The summed E-state index contributed by atoms with van der Waals surface area (Å²) >= 11 is 0. The third kappa shape index (κ3) is 5.83. The van der Waals surface area contributed by atoms with Gasteiger partial charge in [-0.2, -0.15) is 0 Å². The predicted octanol–water partition coefficient (Wildman–Crippen LogP) is 1.69. The number of carbonyl (C=O) groups excluding carboxylic acids is 2. The lowest BCUT2D eigenvalue weighted by atomic mass is 10.1. The van der Waals surface area contributed by atoms with E-state index in [4.69, 9.17) is 14.2 Å². The first-order valence-corrected chi connectivity index (χ1v) is 8.18. The van der Waals surface area contributed by atoms with E-state index in [1.54, 1.807) is 12.0 Å². The van der Waals surface area contributed by atoms with E-state index in [2.05, 4.69) is 10.6 Å². The lowest BCUT2D eigenvalue weighted by molar-refractivity contribution is -0.0756. The number of hydrogen-bond donors (Lipinski definition) is 2. The van der Waals surface area contributed by atoms with Crippen LogP contribution in [0.3, 0.4) is 0 Å². The Hall–Kier alpha value is -1.54. The van der Waals surface area contributed by atoms with E-state index in [1.807, 2.05) is 41.5 Å². The van der Waals surface area contributed by atoms with E-state index >= 15 is 0 Å². The normalized spacial score (nSPS) is 23.0. The van der Waals surface area contributed by atoms with Gasteiger partial charge < -0.3 is 24.8 Å². The first kappa shape index (κ1) is 20.5. The van der Waals surface area contributed by atoms with Crippen LogP contribution >= 0.6 is 0 Å². The summed E-state index contributed by atoms with van der Waals surface area (Å²) in [5.41, 5.74) is -1.41. The highest BCUT2D eigenvalue weighted by Gasteiger charge is 2.49. The van der Waals surface area contributed by atoms with Crippen molar-refractivity contribution in [3.8, 4) is 0 Å². The summed E-state index contributed by atoms with van der Waals surface area (Å²) in [5, 5.41) is 5.44. The molecule has 2 N–H and O–H groups in total. The highest BCUT2D eigenvalue weighted by atomic mass is 16.6. The van der Waals surface area contributed by atoms with Crippen LogP contribution < -0.4 is 10.6 Å². The summed E-state index contributed by atoms with van der Waals surface area (Å²) in [4.78, 5) is 25.9. The standard InChI is InChI=1S/C16H31N3O5/c1-11-12(10-18-13(20)17-8-9-22-7)19(16(5,6)23-11)14(21)24-15(2,3)4/h11-12H,8-10H2,1-7H3,(H2,17,18,20)/t11-,12+/m1/s1. The van der Waals surface area contributed by atoms with Gasteiger partial charge in [0.2, 0.25) is 0 Å². The van der Waals surface area contributed by atoms with Gasteiger partial charge in [0.1, 0.15) is 11.3 Å². The second-order valence-corrected chi connectivity index (χ2v) is 7.32. The Morgan fingerprint density at radius 3 is 2.42 bits per heavy atom. The van der Waals surface area contributed by atoms with E-state index in [1.165, 1.54) is 0 Å². The van der Waals surface area contributed by atoms with E-state index in [9.17, 15) is 9.59 Å². The number of rotatable bonds is 5. The zero-order chi connectivity index (χ0) is 18.5. The maximum absolute atomic E-state index is 12.6. The Kier molecular flexibility index (Phi) is 6.86. The average Bonchev–Trinajstić information content (AvgIpc) is 2.63. The van der Waals surface area contributed by atoms with Crippen LogP contribution in [0.1, 0.15) is 41.5 Å². The van der Waals surface area contributed by atoms with Crippen molar-refractivity contribution in [1.82, 2.24) is 15.5 Å². The summed E-state index contributed by atoms with van der Waals surface area (Å²) < 4.78 is 16.2. The number of nitrogens with one attached hydrogen (secondary N) is 2. The van der Waals surface area contributed by atoms with Crippen LogP contribution in [0.5, 0.6) is 0 Å². The zero-order valence-electron chi connectivity index (χ0n) is 15.8. The van der Waals surface area contributed by atoms with Crippen LogP contribution in [0.4, 0.5) is 9.59 Å². The Morgan fingerprint density at radius 1 is 1.25 bits per heavy atom. The van der Waals surface area contributed by atoms with E-state index in [0.717, 1.165) is 0 Å². The highest BCUT2D eigenvalue weighted by Crippen LogP contribution is 2.33. The zero-order valence-corrected chi connectivity index (χ0v) is 15.8. The third-order valence-electron chi connectivity index (χ3n) is 3.58. The van der Waals surface area contributed by atoms with Gasteiger partial charge in [0.05, 0.1) is 18.8 Å². The third-order valence-corrected chi connectivity index (χ3v) is 3.58. The van der Waals surface area contributed by atoms with Crippen LogP contribution in [0.25, 0.3) is 0 Å². The smallest absolute Gasteiger partial charge is 0.412 e. The molecule has 2 atom stereocenters. The van der Waals surface area contributed by atoms with Gasteiger partial charge in [-0.25, -0.2) is 9.59 Å². The fourth-order valence-corrected chi connectivity index (χ4v) is 2.65. The van der Waals surface area contributed by atoms with Crippen LogP contribution in [-0.4, -0.2) is 67.3 Å². The second kappa shape index (κ2) is 8.02. The number of urea groups is 1. The Morgan fingerprint density at radius 2 is 1.88 bits per heavy atom. The Bertz CT molecular complexity index is 447. The maximum Gasteiger partial charge on any atom is 0.412 e. The lowest BCUT2D eigenvalue weighted by Crippen LogP contribution is -2.54. The first-order valence-electron chi connectivity index (χ1n) is 8.18. The molecule has 140 valence electrons. The van der Waals surface area contributed by atoms with Crippen molar-refractivity contribution < 1.29 is 23.8 Å². The molecule has 1 heterocycles. The molecule has 0 radical (unpaired) electrons. The molecule has 24 heavy (non-hydrogen) atoms. The monoisotopic (exact) mass is 345 g/mol. The van der Waals surface area contributed by atoms with Crippen molar-refractivity contribution in [2.24, 2.45) is 0 Å². The van der Waals surface area contributed by atoms with Crippen LogP contribution in [0, 0.1) is 0 Å². The Labute approximate surface area is 144 Å². The second-order valence-electron chi connectivity index (χ2n) is 7.32. The molecule has 1 aliphatic heterocycles. The molecule has 3 amide bonds. The first-order chi connectivity index (χ1) is 11.0. The van der Waals surface area contributed by atoms with Gasteiger partial charge in [-0.05, 0) is 41.5 Å². The maximum atomic E-state index is 12.6. The SMILES string of the molecule is COCCNC(=O)NC[C@H]1[C@@H](C)OC(C)(C)N1C(=O)OC(C)(C)C. The molecule has 0 aromatic rings. The van der Waals surface area contributed by atoms with Crippen LogP contribution in [-0.2, 0) is 14.2 Å². The molecule has 0 unspecified atom stereocenters. The minimum Gasteiger partial charge on any atom is -0.444 e. The van der Waals surface area contributed by atoms with Gasteiger partial charge >= 0.3 is 12.1 Å². The van der Waals surface area contributed by atoms with E-state index in [0.29, 0.717) is 13.2 Å². The van der Waals surface area contributed by atoms with Crippen molar-refractivity contribution in [2.45, 2.75) is 65.0 Å². The summed E-state index contributed by atoms with van der Waals surface area (Å²) in [6.45, 7) is 12.1. The van der Waals surface area contributed by atoms with Gasteiger partial charge in [-0.3, -0.25) is 4.90 Å². The number of hydrogen-bond acceptors (Lipinski definition) is 5. The fourth-order valence-electron chi connectivity index (χ4n) is 2.65. The molecule has 1 saturated heterocycles. The molecule has 1 fully saturated rings.